The van der Waals surface area contributed by atoms with E-state index < -0.39 is 0 Å². The molecule has 3 heterocycles. The molecule has 162 valence electrons. The van der Waals surface area contributed by atoms with Crippen LogP contribution < -0.4 is 16.0 Å². The van der Waals surface area contributed by atoms with Gasteiger partial charge in [0.05, 0.1) is 5.69 Å². The minimum absolute atomic E-state index is 0.102. The van der Waals surface area contributed by atoms with Gasteiger partial charge in [-0.05, 0) is 80.8 Å². The number of nitrogens with zero attached hydrogens (tertiary/aromatic N) is 2. The molecule has 31 heavy (non-hydrogen) atoms. The summed E-state index contributed by atoms with van der Waals surface area (Å²) < 4.78 is 15.0. The number of halogens is 1. The quantitative estimate of drug-likeness (QED) is 0.627. The van der Waals surface area contributed by atoms with E-state index in [0.29, 0.717) is 17.0 Å². The maximum atomic E-state index is 15.0. The summed E-state index contributed by atoms with van der Waals surface area (Å²) in [5.41, 5.74) is 10.4. The van der Waals surface area contributed by atoms with Crippen LogP contribution in [-0.4, -0.2) is 30.0 Å². The number of benzene rings is 1. The average Bonchev–Trinajstić information content (AvgIpc) is 3.10. The SMILES string of the molecule is Cc1ccc2c(N)c(C(=O)N[C@H]3CCc4cc(N5CCCCC5)cc(F)c4C3)sc2n1. The molecule has 0 saturated carbocycles. The number of pyridine rings is 1. The lowest BCUT2D eigenvalue weighted by Crippen LogP contribution is -2.39. The molecule has 7 heteroatoms. The summed E-state index contributed by atoms with van der Waals surface area (Å²) in [4.78, 5) is 21.0. The van der Waals surface area contributed by atoms with Crippen molar-refractivity contribution in [1.82, 2.24) is 10.3 Å². The Bertz CT molecular complexity index is 1150. The molecule has 1 aliphatic heterocycles. The highest BCUT2D eigenvalue weighted by Crippen LogP contribution is 2.34. The van der Waals surface area contributed by atoms with Crippen molar-refractivity contribution >= 4 is 38.8 Å². The van der Waals surface area contributed by atoms with E-state index in [1.807, 2.05) is 19.1 Å². The van der Waals surface area contributed by atoms with Gasteiger partial charge in [-0.15, -0.1) is 11.3 Å². The highest BCUT2D eigenvalue weighted by atomic mass is 32.1. The van der Waals surface area contributed by atoms with Crippen LogP contribution >= 0.6 is 11.3 Å². The predicted octanol–water partition coefficient (Wildman–Crippen LogP) is 4.60. The Balaban J connectivity index is 1.33. The van der Waals surface area contributed by atoms with Crippen LogP contribution in [0.15, 0.2) is 24.3 Å². The van der Waals surface area contributed by atoms with Crippen molar-refractivity contribution in [3.63, 3.8) is 0 Å². The number of amides is 1. The molecule has 3 aromatic rings. The second-order valence-electron chi connectivity index (χ2n) is 8.68. The minimum Gasteiger partial charge on any atom is -0.397 e. The normalized spacial score (nSPS) is 18.8. The van der Waals surface area contributed by atoms with Crippen molar-refractivity contribution < 1.29 is 9.18 Å². The van der Waals surface area contributed by atoms with Gasteiger partial charge in [-0.3, -0.25) is 4.79 Å². The van der Waals surface area contributed by atoms with Gasteiger partial charge < -0.3 is 16.0 Å². The highest BCUT2D eigenvalue weighted by Gasteiger charge is 2.26. The van der Waals surface area contributed by atoms with Crippen molar-refractivity contribution in [2.45, 2.75) is 51.5 Å². The third kappa shape index (κ3) is 3.87. The molecule has 1 aliphatic carbocycles. The largest absolute Gasteiger partial charge is 0.397 e. The third-order valence-electron chi connectivity index (χ3n) is 6.48. The van der Waals surface area contributed by atoms with Gasteiger partial charge in [0, 0.05) is 35.9 Å². The zero-order valence-corrected chi connectivity index (χ0v) is 18.5. The predicted molar refractivity (Wildman–Crippen MR) is 125 cm³/mol. The number of hydrogen-bond donors (Lipinski definition) is 2. The molecule has 1 saturated heterocycles. The Kier molecular flexibility index (Phi) is 5.30. The molecule has 5 rings (SSSR count). The number of carbonyl (C=O) groups is 1. The van der Waals surface area contributed by atoms with E-state index in [4.69, 9.17) is 5.73 Å². The van der Waals surface area contributed by atoms with Gasteiger partial charge in [-0.2, -0.15) is 0 Å². The van der Waals surface area contributed by atoms with E-state index in [1.165, 1.54) is 30.6 Å². The second kappa shape index (κ2) is 8.11. The van der Waals surface area contributed by atoms with Gasteiger partial charge in [-0.25, -0.2) is 9.37 Å². The van der Waals surface area contributed by atoms with Crippen molar-refractivity contribution in [3.8, 4) is 0 Å². The minimum atomic E-state index is -0.197. The number of fused-ring (bicyclic) bond motifs is 2. The van der Waals surface area contributed by atoms with E-state index in [2.05, 4.69) is 21.3 Å². The van der Waals surface area contributed by atoms with Gasteiger partial charge >= 0.3 is 0 Å². The molecule has 2 aromatic heterocycles. The van der Waals surface area contributed by atoms with Gasteiger partial charge in [0.2, 0.25) is 0 Å². The zero-order chi connectivity index (χ0) is 21.5. The van der Waals surface area contributed by atoms with Crippen molar-refractivity contribution in [3.05, 3.63) is 51.8 Å². The van der Waals surface area contributed by atoms with E-state index >= 15 is 0 Å². The molecule has 0 unspecified atom stereocenters. The fourth-order valence-electron chi connectivity index (χ4n) is 4.77. The Morgan fingerprint density at radius 2 is 2.06 bits per heavy atom. The molecule has 2 aliphatic rings. The number of nitrogens with two attached hydrogens (primary N) is 1. The lowest BCUT2D eigenvalue weighted by molar-refractivity contribution is 0.0938. The number of rotatable bonds is 3. The Morgan fingerprint density at radius 3 is 2.87 bits per heavy atom. The molecule has 1 aromatic carbocycles. The van der Waals surface area contributed by atoms with Crippen LogP contribution in [0.1, 0.15) is 52.2 Å². The first-order valence-electron chi connectivity index (χ1n) is 11.0. The van der Waals surface area contributed by atoms with Crippen LogP contribution in [0.4, 0.5) is 15.8 Å². The van der Waals surface area contributed by atoms with Gasteiger partial charge in [0.25, 0.3) is 5.91 Å². The molecule has 1 fully saturated rings. The average molecular weight is 439 g/mol. The second-order valence-corrected chi connectivity index (χ2v) is 9.68. The summed E-state index contributed by atoms with van der Waals surface area (Å²) >= 11 is 1.31. The molecular formula is C24H27FN4OS. The monoisotopic (exact) mass is 438 g/mol. The van der Waals surface area contributed by atoms with Crippen LogP contribution in [0.5, 0.6) is 0 Å². The van der Waals surface area contributed by atoms with E-state index in [9.17, 15) is 9.18 Å². The fourth-order valence-corrected chi connectivity index (χ4v) is 5.82. The third-order valence-corrected chi connectivity index (χ3v) is 7.59. The number of nitrogens with one attached hydrogen (secondary N) is 1. The first kappa shape index (κ1) is 20.2. The molecule has 0 bridgehead atoms. The maximum absolute atomic E-state index is 15.0. The summed E-state index contributed by atoms with van der Waals surface area (Å²) in [6, 6.07) is 7.53. The number of anilines is 2. The number of hydrogen-bond acceptors (Lipinski definition) is 5. The van der Waals surface area contributed by atoms with E-state index in [-0.39, 0.29) is 17.8 Å². The topological polar surface area (TPSA) is 71.2 Å². The van der Waals surface area contributed by atoms with Gasteiger partial charge in [-0.1, -0.05) is 0 Å². The number of piperidine rings is 1. The summed E-state index contributed by atoms with van der Waals surface area (Å²) in [6.07, 6.45) is 5.66. The molecule has 1 atom stereocenters. The molecule has 0 radical (unpaired) electrons. The van der Waals surface area contributed by atoms with E-state index in [0.717, 1.165) is 58.7 Å². The van der Waals surface area contributed by atoms with Gasteiger partial charge in [0.15, 0.2) is 0 Å². The Morgan fingerprint density at radius 1 is 1.26 bits per heavy atom. The number of nitrogen functional groups attached to an aromatic ring is 1. The molecule has 3 N–H and O–H groups in total. The summed E-state index contributed by atoms with van der Waals surface area (Å²) in [5, 5.41) is 3.90. The summed E-state index contributed by atoms with van der Waals surface area (Å²) in [7, 11) is 0. The van der Waals surface area contributed by atoms with Crippen molar-refractivity contribution in [2.24, 2.45) is 0 Å². The first-order chi connectivity index (χ1) is 15.0. The van der Waals surface area contributed by atoms with Crippen LogP contribution in [0.25, 0.3) is 10.2 Å². The zero-order valence-electron chi connectivity index (χ0n) is 17.7. The lowest BCUT2D eigenvalue weighted by Gasteiger charge is -2.31. The fraction of sp³-hybridized carbons (Fsp3) is 0.417. The summed E-state index contributed by atoms with van der Waals surface area (Å²) in [6.45, 7) is 3.92. The Hall–Kier alpha value is -2.67. The highest BCUT2D eigenvalue weighted by molar-refractivity contribution is 7.21. The van der Waals surface area contributed by atoms with Crippen LogP contribution in [0, 0.1) is 12.7 Å². The number of aryl methyl sites for hydroxylation is 2. The standard InChI is InChI=1S/C24H27FN4OS/c1-14-5-8-18-21(26)22(31-24(18)27-14)23(30)28-16-7-6-15-11-17(13-20(25)19(15)12-16)29-9-3-2-4-10-29/h5,8,11,13,16H,2-4,6-7,9-10,12,26H2,1H3,(H,28,30)/t16-/m0/s1. The smallest absolute Gasteiger partial charge is 0.263 e. The van der Waals surface area contributed by atoms with E-state index in [1.54, 1.807) is 6.07 Å². The van der Waals surface area contributed by atoms with Gasteiger partial charge in [0.1, 0.15) is 15.5 Å². The maximum Gasteiger partial charge on any atom is 0.263 e. The van der Waals surface area contributed by atoms with Crippen LogP contribution in [0.2, 0.25) is 0 Å². The van der Waals surface area contributed by atoms with Crippen LogP contribution in [0.3, 0.4) is 0 Å². The number of carbonyl (C=O) groups excluding carboxylic acids is 1. The molecule has 0 spiro atoms. The molecule has 5 nitrogen and oxygen atoms in total. The lowest BCUT2D eigenvalue weighted by atomic mass is 9.87. The van der Waals surface area contributed by atoms with Crippen molar-refractivity contribution in [2.75, 3.05) is 23.7 Å². The van der Waals surface area contributed by atoms with Crippen molar-refractivity contribution in [1.29, 1.82) is 0 Å². The number of aromatic nitrogens is 1. The first-order valence-corrected chi connectivity index (χ1v) is 11.8. The number of thiophene rings is 1. The van der Waals surface area contributed by atoms with Crippen LogP contribution in [-0.2, 0) is 12.8 Å². The molecule has 1 amide bonds. The molecular weight excluding hydrogens is 411 g/mol. The Labute approximate surface area is 185 Å². The summed E-state index contributed by atoms with van der Waals surface area (Å²) in [5.74, 6) is -0.352.